The molecular formula is C16H30N2O2. The number of unbranched alkanes of at least 4 members (excludes halogenated alkanes) is 1. The molecule has 116 valence electrons. The molecule has 0 saturated carbocycles. The Morgan fingerprint density at radius 2 is 2.00 bits per heavy atom. The van der Waals surface area contributed by atoms with E-state index < -0.39 is 0 Å². The lowest BCUT2D eigenvalue weighted by Gasteiger charge is -2.28. The molecule has 1 saturated heterocycles. The topological polar surface area (TPSA) is 49.4 Å². The number of amides is 2. The Bertz CT molecular complexity index is 318. The van der Waals surface area contributed by atoms with Gasteiger partial charge in [0.1, 0.15) is 6.04 Å². The van der Waals surface area contributed by atoms with Crippen LogP contribution < -0.4 is 5.32 Å². The van der Waals surface area contributed by atoms with Gasteiger partial charge in [-0.3, -0.25) is 9.59 Å². The van der Waals surface area contributed by atoms with Gasteiger partial charge in [0.05, 0.1) is 0 Å². The highest BCUT2D eigenvalue weighted by Gasteiger charge is 2.29. The van der Waals surface area contributed by atoms with Crippen LogP contribution in [0.2, 0.25) is 0 Å². The molecule has 4 nitrogen and oxygen atoms in total. The first-order valence-electron chi connectivity index (χ1n) is 8.20. The second-order valence-electron chi connectivity index (χ2n) is 5.86. The fourth-order valence-corrected chi connectivity index (χ4v) is 2.79. The van der Waals surface area contributed by atoms with Crippen LogP contribution in [0.15, 0.2) is 0 Å². The quantitative estimate of drug-likeness (QED) is 0.744. The first kappa shape index (κ1) is 17.0. The van der Waals surface area contributed by atoms with Crippen molar-refractivity contribution in [2.75, 3.05) is 13.1 Å². The van der Waals surface area contributed by atoms with Gasteiger partial charge in [0.15, 0.2) is 0 Å². The summed E-state index contributed by atoms with van der Waals surface area (Å²) in [6.45, 7) is 7.82. The van der Waals surface area contributed by atoms with Crippen molar-refractivity contribution in [3.8, 4) is 0 Å². The van der Waals surface area contributed by atoms with Crippen molar-refractivity contribution in [3.05, 3.63) is 0 Å². The molecule has 4 heteroatoms. The van der Waals surface area contributed by atoms with Crippen molar-refractivity contribution >= 4 is 11.8 Å². The van der Waals surface area contributed by atoms with E-state index >= 15 is 0 Å². The Morgan fingerprint density at radius 3 is 2.60 bits per heavy atom. The molecule has 0 aliphatic carbocycles. The lowest BCUT2D eigenvalue weighted by molar-refractivity contribution is -0.134. The average molecular weight is 282 g/mol. The van der Waals surface area contributed by atoms with Gasteiger partial charge in [-0.05, 0) is 18.8 Å². The van der Waals surface area contributed by atoms with Gasteiger partial charge >= 0.3 is 0 Å². The van der Waals surface area contributed by atoms with E-state index in [1.54, 1.807) is 0 Å². The number of carbonyl (C=O) groups excluding carboxylic acids is 2. The minimum atomic E-state index is -0.307. The zero-order valence-corrected chi connectivity index (χ0v) is 13.3. The summed E-state index contributed by atoms with van der Waals surface area (Å²) in [5.74, 6) is 0.697. The molecule has 1 heterocycles. The van der Waals surface area contributed by atoms with Crippen LogP contribution in [0.3, 0.4) is 0 Å². The van der Waals surface area contributed by atoms with Gasteiger partial charge in [-0.1, -0.05) is 46.5 Å². The zero-order chi connectivity index (χ0) is 15.0. The van der Waals surface area contributed by atoms with Gasteiger partial charge < -0.3 is 10.2 Å². The van der Waals surface area contributed by atoms with E-state index in [9.17, 15) is 9.59 Å². The van der Waals surface area contributed by atoms with Crippen LogP contribution in [0.25, 0.3) is 0 Å². The van der Waals surface area contributed by atoms with Gasteiger partial charge in [-0.2, -0.15) is 0 Å². The number of hydrogen-bond acceptors (Lipinski definition) is 2. The summed E-state index contributed by atoms with van der Waals surface area (Å²) < 4.78 is 0. The predicted octanol–water partition coefficient (Wildman–Crippen LogP) is 2.72. The first-order chi connectivity index (χ1) is 9.62. The molecule has 1 aliphatic heterocycles. The predicted molar refractivity (Wildman–Crippen MR) is 81.3 cm³/mol. The third-order valence-corrected chi connectivity index (χ3v) is 4.15. The summed E-state index contributed by atoms with van der Waals surface area (Å²) >= 11 is 0. The fourth-order valence-electron chi connectivity index (χ4n) is 2.79. The van der Waals surface area contributed by atoms with Crippen molar-refractivity contribution in [3.63, 3.8) is 0 Å². The van der Waals surface area contributed by atoms with Crippen LogP contribution in [-0.4, -0.2) is 35.8 Å². The van der Waals surface area contributed by atoms with E-state index in [4.69, 9.17) is 0 Å². The first-order valence-corrected chi connectivity index (χ1v) is 8.20. The van der Waals surface area contributed by atoms with Crippen LogP contribution >= 0.6 is 0 Å². The highest BCUT2D eigenvalue weighted by Crippen LogP contribution is 2.17. The van der Waals surface area contributed by atoms with E-state index in [1.165, 1.54) is 19.3 Å². The summed E-state index contributed by atoms with van der Waals surface area (Å²) in [5, 5.41) is 2.86. The Kier molecular flexibility index (Phi) is 7.63. The van der Waals surface area contributed by atoms with Gasteiger partial charge in [-0.25, -0.2) is 0 Å². The largest absolute Gasteiger partial charge is 0.344 e. The van der Waals surface area contributed by atoms with Crippen LogP contribution in [0.1, 0.15) is 65.7 Å². The third kappa shape index (κ3) is 5.14. The van der Waals surface area contributed by atoms with E-state index in [1.807, 2.05) is 11.8 Å². The molecule has 0 aromatic rings. The van der Waals surface area contributed by atoms with Crippen molar-refractivity contribution in [1.82, 2.24) is 10.2 Å². The molecule has 2 unspecified atom stereocenters. The van der Waals surface area contributed by atoms with Crippen molar-refractivity contribution < 1.29 is 9.59 Å². The van der Waals surface area contributed by atoms with Crippen LogP contribution in [-0.2, 0) is 9.59 Å². The maximum atomic E-state index is 12.5. The van der Waals surface area contributed by atoms with Crippen molar-refractivity contribution in [2.45, 2.75) is 71.8 Å². The Hall–Kier alpha value is -1.06. The Morgan fingerprint density at radius 1 is 1.25 bits per heavy atom. The molecule has 1 fully saturated rings. The summed E-state index contributed by atoms with van der Waals surface area (Å²) in [7, 11) is 0. The Balaban J connectivity index is 2.65. The van der Waals surface area contributed by atoms with E-state index in [2.05, 4.69) is 19.2 Å². The number of carbonyl (C=O) groups is 2. The molecule has 0 radical (unpaired) electrons. The maximum Gasteiger partial charge on any atom is 0.245 e. The van der Waals surface area contributed by atoms with Gasteiger partial charge in [-0.15, -0.1) is 0 Å². The highest BCUT2D eigenvalue weighted by atomic mass is 16.2. The molecule has 0 bridgehead atoms. The van der Waals surface area contributed by atoms with Crippen molar-refractivity contribution in [2.24, 2.45) is 5.92 Å². The number of rotatable bonds is 8. The standard InChI is InChI=1S/C16H30N2O2/c1-4-7-9-13(6-3)12-18-11-10-15(19)17-14(8-5-2)16(18)20/h13-14H,4-12H2,1-3H3,(H,17,19). The fraction of sp³-hybridized carbons (Fsp3) is 0.875. The SMILES string of the molecule is CCCCC(CC)CN1CCC(=O)NC(CCC)C1=O. The molecule has 1 aliphatic rings. The molecule has 0 aromatic carbocycles. The monoisotopic (exact) mass is 282 g/mol. The summed E-state index contributed by atoms with van der Waals surface area (Å²) in [6, 6.07) is -0.307. The molecule has 20 heavy (non-hydrogen) atoms. The zero-order valence-electron chi connectivity index (χ0n) is 13.3. The summed E-state index contributed by atoms with van der Waals surface area (Å²) in [6.07, 6.45) is 6.79. The molecular weight excluding hydrogens is 252 g/mol. The molecule has 0 aromatic heterocycles. The van der Waals surface area contributed by atoms with Crippen LogP contribution in [0.5, 0.6) is 0 Å². The molecule has 1 rings (SSSR count). The minimum Gasteiger partial charge on any atom is -0.344 e. The van der Waals surface area contributed by atoms with Gasteiger partial charge in [0.25, 0.3) is 0 Å². The highest BCUT2D eigenvalue weighted by molar-refractivity contribution is 5.89. The number of nitrogens with one attached hydrogen (secondary N) is 1. The number of nitrogens with zero attached hydrogens (tertiary/aromatic N) is 1. The molecule has 2 atom stereocenters. The summed E-state index contributed by atoms with van der Waals surface area (Å²) in [4.78, 5) is 26.1. The van der Waals surface area contributed by atoms with E-state index in [0.29, 0.717) is 18.9 Å². The molecule has 2 amide bonds. The van der Waals surface area contributed by atoms with E-state index in [-0.39, 0.29) is 17.9 Å². The minimum absolute atomic E-state index is 0.0147. The maximum absolute atomic E-state index is 12.5. The second-order valence-corrected chi connectivity index (χ2v) is 5.86. The number of hydrogen-bond donors (Lipinski definition) is 1. The second kappa shape index (κ2) is 8.98. The Labute approximate surface area is 123 Å². The average Bonchev–Trinajstić information content (AvgIpc) is 2.57. The third-order valence-electron chi connectivity index (χ3n) is 4.15. The van der Waals surface area contributed by atoms with Gasteiger partial charge in [0.2, 0.25) is 11.8 Å². The normalized spacial score (nSPS) is 21.6. The van der Waals surface area contributed by atoms with Gasteiger partial charge in [0, 0.05) is 19.5 Å². The lowest BCUT2D eigenvalue weighted by atomic mass is 9.98. The van der Waals surface area contributed by atoms with E-state index in [0.717, 1.165) is 25.8 Å². The van der Waals surface area contributed by atoms with Crippen molar-refractivity contribution in [1.29, 1.82) is 0 Å². The molecule has 0 spiro atoms. The lowest BCUT2D eigenvalue weighted by Crippen LogP contribution is -2.45. The summed E-state index contributed by atoms with van der Waals surface area (Å²) in [5.41, 5.74) is 0. The van der Waals surface area contributed by atoms with Crippen LogP contribution in [0, 0.1) is 5.92 Å². The molecule has 1 N–H and O–H groups in total. The van der Waals surface area contributed by atoms with Crippen LogP contribution in [0.4, 0.5) is 0 Å². The smallest absolute Gasteiger partial charge is 0.245 e.